The highest BCUT2D eigenvalue weighted by Gasteiger charge is 2.36. The number of carbonyl (C=O) groups is 1. The SMILES string of the molecule is COc1cccc([C@H](C)NC(=O)[C@@H]2CNC[C@H]2c2ccc(C(F)(F)F)nc2)c1. The van der Waals surface area contributed by atoms with Gasteiger partial charge in [0.25, 0.3) is 0 Å². The highest BCUT2D eigenvalue weighted by atomic mass is 19.4. The molecule has 0 aliphatic carbocycles. The number of halogens is 3. The zero-order valence-electron chi connectivity index (χ0n) is 15.6. The summed E-state index contributed by atoms with van der Waals surface area (Å²) < 4.78 is 43.3. The molecule has 0 spiro atoms. The summed E-state index contributed by atoms with van der Waals surface area (Å²) in [6.45, 7) is 2.85. The van der Waals surface area contributed by atoms with Gasteiger partial charge in [-0.3, -0.25) is 9.78 Å². The van der Waals surface area contributed by atoms with Crippen molar-refractivity contribution in [3.05, 3.63) is 59.4 Å². The second-order valence-corrected chi connectivity index (χ2v) is 6.85. The van der Waals surface area contributed by atoms with Gasteiger partial charge in [0, 0.05) is 25.2 Å². The molecular weight excluding hydrogens is 371 g/mol. The summed E-state index contributed by atoms with van der Waals surface area (Å²) >= 11 is 0. The molecule has 8 heteroatoms. The van der Waals surface area contributed by atoms with E-state index in [1.165, 1.54) is 12.3 Å². The Kier molecular flexibility index (Phi) is 5.88. The molecule has 1 aliphatic rings. The molecule has 150 valence electrons. The molecule has 1 saturated heterocycles. The minimum atomic E-state index is -4.48. The largest absolute Gasteiger partial charge is 0.497 e. The van der Waals surface area contributed by atoms with Crippen molar-refractivity contribution in [3.63, 3.8) is 0 Å². The van der Waals surface area contributed by atoms with E-state index in [9.17, 15) is 18.0 Å². The summed E-state index contributed by atoms with van der Waals surface area (Å²) in [7, 11) is 1.58. The molecule has 28 heavy (non-hydrogen) atoms. The zero-order chi connectivity index (χ0) is 20.3. The van der Waals surface area contributed by atoms with Gasteiger partial charge in [-0.2, -0.15) is 13.2 Å². The number of carbonyl (C=O) groups excluding carboxylic acids is 1. The molecule has 0 saturated carbocycles. The number of nitrogens with zero attached hydrogens (tertiary/aromatic N) is 1. The maximum absolute atomic E-state index is 12.8. The van der Waals surface area contributed by atoms with Gasteiger partial charge in [0.05, 0.1) is 19.1 Å². The van der Waals surface area contributed by atoms with E-state index < -0.39 is 11.9 Å². The summed E-state index contributed by atoms with van der Waals surface area (Å²) in [5.74, 6) is -0.0565. The van der Waals surface area contributed by atoms with Crippen molar-refractivity contribution in [2.45, 2.75) is 25.1 Å². The van der Waals surface area contributed by atoms with Gasteiger partial charge in [-0.15, -0.1) is 0 Å². The van der Waals surface area contributed by atoms with Gasteiger partial charge >= 0.3 is 6.18 Å². The third-order valence-electron chi connectivity index (χ3n) is 5.01. The van der Waals surface area contributed by atoms with Crippen LogP contribution >= 0.6 is 0 Å². The number of hydrogen-bond donors (Lipinski definition) is 2. The van der Waals surface area contributed by atoms with Crippen molar-refractivity contribution >= 4 is 5.91 Å². The lowest BCUT2D eigenvalue weighted by molar-refractivity contribution is -0.141. The number of benzene rings is 1. The third kappa shape index (κ3) is 4.44. The predicted octanol–water partition coefficient (Wildman–Crippen LogP) is 3.29. The van der Waals surface area contributed by atoms with Crippen molar-refractivity contribution in [2.24, 2.45) is 5.92 Å². The van der Waals surface area contributed by atoms with Crippen LogP contribution in [0, 0.1) is 5.92 Å². The normalized spacial score (nSPS) is 20.6. The van der Waals surface area contributed by atoms with Gasteiger partial charge in [-0.25, -0.2) is 0 Å². The Hall–Kier alpha value is -2.61. The Labute approximate surface area is 161 Å². The van der Waals surface area contributed by atoms with Crippen LogP contribution in [0.25, 0.3) is 0 Å². The van der Waals surface area contributed by atoms with E-state index in [0.29, 0.717) is 24.4 Å². The van der Waals surface area contributed by atoms with Crippen molar-refractivity contribution in [3.8, 4) is 5.75 Å². The minimum Gasteiger partial charge on any atom is -0.497 e. The van der Waals surface area contributed by atoms with E-state index in [0.717, 1.165) is 11.6 Å². The number of alkyl halides is 3. The Bertz CT molecular complexity index is 824. The van der Waals surface area contributed by atoms with Crippen molar-refractivity contribution < 1.29 is 22.7 Å². The first-order valence-corrected chi connectivity index (χ1v) is 8.97. The topological polar surface area (TPSA) is 63.2 Å². The van der Waals surface area contributed by atoms with E-state index in [1.807, 2.05) is 31.2 Å². The van der Waals surface area contributed by atoms with Crippen LogP contribution in [0.5, 0.6) is 5.75 Å². The fraction of sp³-hybridized carbons (Fsp3) is 0.400. The molecule has 2 aromatic rings. The molecule has 2 N–H and O–H groups in total. The van der Waals surface area contributed by atoms with Gasteiger partial charge in [0.15, 0.2) is 0 Å². The van der Waals surface area contributed by atoms with Crippen LogP contribution in [0.4, 0.5) is 13.2 Å². The van der Waals surface area contributed by atoms with E-state index in [1.54, 1.807) is 7.11 Å². The van der Waals surface area contributed by atoms with Crippen molar-refractivity contribution in [2.75, 3.05) is 20.2 Å². The van der Waals surface area contributed by atoms with E-state index in [2.05, 4.69) is 15.6 Å². The van der Waals surface area contributed by atoms with Crippen LogP contribution in [0.15, 0.2) is 42.6 Å². The number of amides is 1. The molecule has 1 amide bonds. The number of rotatable bonds is 5. The number of pyridine rings is 1. The Balaban J connectivity index is 1.70. The highest BCUT2D eigenvalue weighted by molar-refractivity contribution is 5.81. The maximum atomic E-state index is 12.8. The second kappa shape index (κ2) is 8.18. The number of hydrogen-bond acceptors (Lipinski definition) is 4. The zero-order valence-corrected chi connectivity index (χ0v) is 15.6. The molecular formula is C20H22F3N3O2. The third-order valence-corrected chi connectivity index (χ3v) is 5.01. The number of aromatic nitrogens is 1. The molecule has 0 bridgehead atoms. The van der Waals surface area contributed by atoms with Crippen molar-refractivity contribution in [1.29, 1.82) is 0 Å². The lowest BCUT2D eigenvalue weighted by atomic mass is 9.88. The Morgan fingerprint density at radius 3 is 2.71 bits per heavy atom. The van der Waals surface area contributed by atoms with Crippen LogP contribution < -0.4 is 15.4 Å². The molecule has 0 radical (unpaired) electrons. The lowest BCUT2D eigenvalue weighted by Crippen LogP contribution is -2.36. The average Bonchev–Trinajstić information content (AvgIpc) is 3.17. The first-order chi connectivity index (χ1) is 13.3. The van der Waals surface area contributed by atoms with Crippen LogP contribution in [-0.2, 0) is 11.0 Å². The van der Waals surface area contributed by atoms with E-state index in [-0.39, 0.29) is 23.8 Å². The standard InChI is InChI=1S/C20H22F3N3O2/c1-12(13-4-3-5-15(8-13)28-2)26-19(27)17-11-24-10-16(17)14-6-7-18(25-9-14)20(21,22)23/h3-9,12,16-17,24H,10-11H2,1-2H3,(H,26,27)/t12-,16-,17+/m0/s1. The van der Waals surface area contributed by atoms with E-state index >= 15 is 0 Å². The molecule has 1 fully saturated rings. The fourth-order valence-electron chi connectivity index (χ4n) is 3.41. The molecule has 1 aromatic heterocycles. The summed E-state index contributed by atoms with van der Waals surface area (Å²) in [5, 5.41) is 6.14. The summed E-state index contributed by atoms with van der Waals surface area (Å²) in [6, 6.07) is 9.57. The summed E-state index contributed by atoms with van der Waals surface area (Å²) in [4.78, 5) is 16.3. The van der Waals surface area contributed by atoms with E-state index in [4.69, 9.17) is 4.74 Å². The Morgan fingerprint density at radius 1 is 1.29 bits per heavy atom. The van der Waals surface area contributed by atoms with Gasteiger partial charge in [-0.1, -0.05) is 18.2 Å². The molecule has 1 aromatic carbocycles. The first kappa shape index (κ1) is 20.1. The molecule has 2 heterocycles. The predicted molar refractivity (Wildman–Crippen MR) is 97.9 cm³/mol. The molecule has 1 aliphatic heterocycles. The highest BCUT2D eigenvalue weighted by Crippen LogP contribution is 2.32. The van der Waals surface area contributed by atoms with Crippen LogP contribution in [0.3, 0.4) is 0 Å². The van der Waals surface area contributed by atoms with Gasteiger partial charge in [-0.05, 0) is 36.2 Å². The minimum absolute atomic E-state index is 0.148. The number of ether oxygens (including phenoxy) is 1. The maximum Gasteiger partial charge on any atom is 0.433 e. The quantitative estimate of drug-likeness (QED) is 0.818. The fourth-order valence-corrected chi connectivity index (χ4v) is 3.41. The smallest absolute Gasteiger partial charge is 0.433 e. The van der Waals surface area contributed by atoms with Gasteiger partial charge in [0.1, 0.15) is 11.4 Å². The molecule has 3 rings (SSSR count). The molecule has 0 unspecified atom stereocenters. The molecule has 3 atom stereocenters. The second-order valence-electron chi connectivity index (χ2n) is 6.85. The Morgan fingerprint density at radius 2 is 2.07 bits per heavy atom. The number of nitrogens with one attached hydrogen (secondary N) is 2. The lowest BCUT2D eigenvalue weighted by Gasteiger charge is -2.22. The van der Waals surface area contributed by atoms with Crippen LogP contribution in [0.2, 0.25) is 0 Å². The average molecular weight is 393 g/mol. The van der Waals surface area contributed by atoms with Crippen LogP contribution in [0.1, 0.15) is 35.7 Å². The van der Waals surface area contributed by atoms with Gasteiger partial charge < -0.3 is 15.4 Å². The first-order valence-electron chi connectivity index (χ1n) is 8.97. The van der Waals surface area contributed by atoms with Crippen LogP contribution in [-0.4, -0.2) is 31.1 Å². The number of methoxy groups -OCH3 is 1. The monoisotopic (exact) mass is 393 g/mol. The molecule has 5 nitrogen and oxygen atoms in total. The summed E-state index contributed by atoms with van der Waals surface area (Å²) in [5.41, 5.74) is 0.591. The summed E-state index contributed by atoms with van der Waals surface area (Å²) in [6.07, 6.45) is -3.26. The van der Waals surface area contributed by atoms with Gasteiger partial charge in [0.2, 0.25) is 5.91 Å². The van der Waals surface area contributed by atoms with Crippen molar-refractivity contribution in [1.82, 2.24) is 15.6 Å².